The summed E-state index contributed by atoms with van der Waals surface area (Å²) in [6, 6.07) is 13.2. The molecule has 0 aliphatic heterocycles. The molecule has 2 heteroatoms. The molecule has 2 N–H and O–H groups in total. The standard InChI is InChI=1S/C10H13N.C6H8S/c11-10-6-5-8-3-1-2-4-9(8)7-10;1-2-6-4-3-5-7-6/h1-4,10H,5-7,11H2;3-5H,2H2,1H3. The minimum Gasteiger partial charge on any atom is -0.327 e. The fourth-order valence-corrected chi connectivity index (χ4v) is 2.90. The van der Waals surface area contributed by atoms with Crippen molar-refractivity contribution in [3.8, 4) is 0 Å². The SMILES string of the molecule is CCc1cccs1.NC1CCc2ccccc2C1. The molecule has 0 spiro atoms. The smallest absolute Gasteiger partial charge is 0.00825 e. The Balaban J connectivity index is 0.000000149. The topological polar surface area (TPSA) is 26.0 Å². The van der Waals surface area contributed by atoms with Crippen LogP contribution in [0.2, 0.25) is 0 Å². The van der Waals surface area contributed by atoms with Gasteiger partial charge in [-0.1, -0.05) is 37.3 Å². The fraction of sp³-hybridized carbons (Fsp3) is 0.375. The molecule has 1 nitrogen and oxygen atoms in total. The summed E-state index contributed by atoms with van der Waals surface area (Å²) in [6.07, 6.45) is 4.56. The minimum absolute atomic E-state index is 0.393. The van der Waals surface area contributed by atoms with E-state index in [1.165, 1.54) is 22.4 Å². The summed E-state index contributed by atoms with van der Waals surface area (Å²) < 4.78 is 0. The minimum atomic E-state index is 0.393. The van der Waals surface area contributed by atoms with Gasteiger partial charge in [0, 0.05) is 10.9 Å². The van der Waals surface area contributed by atoms with Gasteiger partial charge in [0.05, 0.1) is 0 Å². The van der Waals surface area contributed by atoms with Gasteiger partial charge in [-0.3, -0.25) is 0 Å². The molecule has 1 aliphatic carbocycles. The Morgan fingerprint density at radius 2 is 1.94 bits per heavy atom. The first-order valence-corrected chi connectivity index (χ1v) is 7.52. The molecule has 2 aromatic rings. The van der Waals surface area contributed by atoms with E-state index in [1.54, 1.807) is 0 Å². The van der Waals surface area contributed by atoms with Gasteiger partial charge in [0.25, 0.3) is 0 Å². The van der Waals surface area contributed by atoms with Crippen molar-refractivity contribution in [2.75, 3.05) is 0 Å². The lowest BCUT2D eigenvalue weighted by Crippen LogP contribution is -2.27. The molecule has 0 radical (unpaired) electrons. The molecule has 1 aromatic heterocycles. The maximum absolute atomic E-state index is 5.85. The molecule has 1 heterocycles. The number of thiophene rings is 1. The van der Waals surface area contributed by atoms with Crippen LogP contribution in [0.15, 0.2) is 41.8 Å². The van der Waals surface area contributed by atoms with Crippen molar-refractivity contribution in [1.29, 1.82) is 0 Å². The van der Waals surface area contributed by atoms with Gasteiger partial charge >= 0.3 is 0 Å². The summed E-state index contributed by atoms with van der Waals surface area (Å²) in [5.41, 5.74) is 8.79. The van der Waals surface area contributed by atoms with Crippen molar-refractivity contribution in [3.05, 3.63) is 57.8 Å². The second kappa shape index (κ2) is 6.72. The number of aryl methyl sites for hydroxylation is 2. The van der Waals surface area contributed by atoms with E-state index in [0.717, 1.165) is 19.3 Å². The Hall–Kier alpha value is -1.12. The molecule has 0 fully saturated rings. The zero-order chi connectivity index (χ0) is 12.8. The van der Waals surface area contributed by atoms with Crippen LogP contribution in [0.4, 0.5) is 0 Å². The van der Waals surface area contributed by atoms with E-state index in [2.05, 4.69) is 48.7 Å². The van der Waals surface area contributed by atoms with Crippen LogP contribution in [0.3, 0.4) is 0 Å². The molecular weight excluding hydrogens is 238 g/mol. The lowest BCUT2D eigenvalue weighted by molar-refractivity contribution is 0.576. The van der Waals surface area contributed by atoms with Crippen LogP contribution in [0, 0.1) is 0 Å². The largest absolute Gasteiger partial charge is 0.327 e. The first-order valence-electron chi connectivity index (χ1n) is 6.64. The van der Waals surface area contributed by atoms with Crippen molar-refractivity contribution in [2.45, 2.75) is 38.6 Å². The summed E-state index contributed by atoms with van der Waals surface area (Å²) in [5.74, 6) is 0. The van der Waals surface area contributed by atoms with E-state index in [-0.39, 0.29) is 0 Å². The van der Waals surface area contributed by atoms with Crippen molar-refractivity contribution < 1.29 is 0 Å². The van der Waals surface area contributed by atoms with Gasteiger partial charge < -0.3 is 5.73 Å². The molecule has 1 atom stereocenters. The highest BCUT2D eigenvalue weighted by molar-refractivity contribution is 7.09. The summed E-state index contributed by atoms with van der Waals surface area (Å²) >= 11 is 1.82. The highest BCUT2D eigenvalue weighted by atomic mass is 32.1. The summed E-state index contributed by atoms with van der Waals surface area (Å²) in [6.45, 7) is 2.17. The monoisotopic (exact) mass is 259 g/mol. The van der Waals surface area contributed by atoms with Crippen LogP contribution >= 0.6 is 11.3 Å². The number of nitrogens with two attached hydrogens (primary N) is 1. The Bertz CT molecular complexity index is 462. The van der Waals surface area contributed by atoms with Crippen LogP contribution < -0.4 is 5.73 Å². The highest BCUT2D eigenvalue weighted by Gasteiger charge is 2.13. The maximum Gasteiger partial charge on any atom is 0.00825 e. The fourth-order valence-electron chi connectivity index (χ4n) is 2.24. The van der Waals surface area contributed by atoms with Crippen LogP contribution in [-0.2, 0) is 19.3 Å². The van der Waals surface area contributed by atoms with Crippen molar-refractivity contribution in [2.24, 2.45) is 5.73 Å². The van der Waals surface area contributed by atoms with Gasteiger partial charge in [0.15, 0.2) is 0 Å². The predicted molar refractivity (Wildman–Crippen MR) is 80.1 cm³/mol. The summed E-state index contributed by atoms with van der Waals surface area (Å²) in [5, 5.41) is 2.11. The molecule has 18 heavy (non-hydrogen) atoms. The lowest BCUT2D eigenvalue weighted by Gasteiger charge is -2.20. The number of hydrogen-bond donors (Lipinski definition) is 1. The van der Waals surface area contributed by atoms with Gasteiger partial charge in [0.2, 0.25) is 0 Å². The molecule has 0 bridgehead atoms. The van der Waals surface area contributed by atoms with Crippen LogP contribution in [0.1, 0.15) is 29.3 Å². The van der Waals surface area contributed by atoms with Gasteiger partial charge in [-0.2, -0.15) is 0 Å². The second-order valence-corrected chi connectivity index (χ2v) is 5.74. The van der Waals surface area contributed by atoms with Crippen LogP contribution in [-0.4, -0.2) is 6.04 Å². The Morgan fingerprint density at radius 3 is 2.56 bits per heavy atom. The summed E-state index contributed by atoms with van der Waals surface area (Å²) in [4.78, 5) is 1.47. The first-order chi connectivity index (χ1) is 8.79. The first kappa shape index (κ1) is 13.3. The Morgan fingerprint density at radius 1 is 1.17 bits per heavy atom. The van der Waals surface area contributed by atoms with Gasteiger partial charge in [-0.05, 0) is 48.3 Å². The third kappa shape index (κ3) is 3.69. The van der Waals surface area contributed by atoms with E-state index in [0.29, 0.717) is 6.04 Å². The molecule has 1 aromatic carbocycles. The van der Waals surface area contributed by atoms with Crippen LogP contribution in [0.25, 0.3) is 0 Å². The molecule has 0 amide bonds. The lowest BCUT2D eigenvalue weighted by atomic mass is 9.89. The molecule has 1 aliphatic rings. The molecule has 0 saturated carbocycles. The number of rotatable bonds is 1. The average Bonchev–Trinajstić information content (AvgIpc) is 2.92. The molecule has 1 unspecified atom stereocenters. The normalized spacial score (nSPS) is 17.6. The Labute approximate surface area is 114 Å². The zero-order valence-electron chi connectivity index (χ0n) is 10.9. The van der Waals surface area contributed by atoms with Crippen molar-refractivity contribution in [1.82, 2.24) is 0 Å². The zero-order valence-corrected chi connectivity index (χ0v) is 11.7. The molecular formula is C16H21NS. The van der Waals surface area contributed by atoms with Gasteiger partial charge in [-0.25, -0.2) is 0 Å². The van der Waals surface area contributed by atoms with E-state index in [9.17, 15) is 0 Å². The van der Waals surface area contributed by atoms with E-state index >= 15 is 0 Å². The molecule has 0 saturated heterocycles. The van der Waals surface area contributed by atoms with Crippen molar-refractivity contribution >= 4 is 11.3 Å². The molecule has 3 rings (SSSR count). The third-order valence-corrected chi connectivity index (χ3v) is 4.33. The molecule has 96 valence electrons. The van der Waals surface area contributed by atoms with Crippen molar-refractivity contribution in [3.63, 3.8) is 0 Å². The van der Waals surface area contributed by atoms with E-state index in [1.807, 2.05) is 11.3 Å². The summed E-state index contributed by atoms with van der Waals surface area (Å²) in [7, 11) is 0. The quantitative estimate of drug-likeness (QED) is 0.828. The van der Waals surface area contributed by atoms with E-state index < -0.39 is 0 Å². The highest BCUT2D eigenvalue weighted by Crippen LogP contribution is 2.19. The average molecular weight is 259 g/mol. The third-order valence-electron chi connectivity index (χ3n) is 3.31. The van der Waals surface area contributed by atoms with Crippen LogP contribution in [0.5, 0.6) is 0 Å². The number of hydrogen-bond acceptors (Lipinski definition) is 2. The predicted octanol–water partition coefficient (Wildman–Crippen LogP) is 3.81. The Kier molecular flexibility index (Phi) is 4.97. The van der Waals surface area contributed by atoms with Gasteiger partial charge in [-0.15, -0.1) is 11.3 Å². The van der Waals surface area contributed by atoms with Gasteiger partial charge in [0.1, 0.15) is 0 Å². The maximum atomic E-state index is 5.85. The van der Waals surface area contributed by atoms with E-state index in [4.69, 9.17) is 5.73 Å². The number of fused-ring (bicyclic) bond motifs is 1. The second-order valence-electron chi connectivity index (χ2n) is 4.70. The number of benzene rings is 1.